The van der Waals surface area contributed by atoms with E-state index in [0.29, 0.717) is 6.54 Å². The zero-order valence-electron chi connectivity index (χ0n) is 42.2. The fourth-order valence-corrected chi connectivity index (χ4v) is 9.27. The maximum atomic E-state index is 14.2. The second kappa shape index (κ2) is 25.0. The molecular formula is C55H44BF24NO. The lowest BCUT2D eigenvalue weighted by atomic mass is 9.12. The first-order valence-corrected chi connectivity index (χ1v) is 24.5. The molecule has 1 aromatic heterocycles. The molecule has 0 bridgehead atoms. The Balaban J connectivity index is 0.000000409. The van der Waals surface area contributed by atoms with Gasteiger partial charge in [-0.3, -0.25) is 4.79 Å². The number of carbonyl (C=O) groups is 1. The molecule has 2 nitrogen and oxygen atoms in total. The minimum absolute atomic E-state index is 0.175. The number of aromatic nitrogens is 1. The van der Waals surface area contributed by atoms with E-state index in [1.54, 1.807) is 0 Å². The number of benzene rings is 5. The Morgan fingerprint density at radius 2 is 0.622 bits per heavy atom. The summed E-state index contributed by atoms with van der Waals surface area (Å²) in [4.78, 5) is 12.4. The van der Waals surface area contributed by atoms with E-state index in [9.17, 15) is 110 Å². The molecule has 0 atom stereocenters. The Hall–Kier alpha value is -6.70. The van der Waals surface area contributed by atoms with Gasteiger partial charge in [0.2, 0.25) is 12.3 Å². The molecule has 0 fully saturated rings. The van der Waals surface area contributed by atoms with Crippen molar-refractivity contribution in [2.75, 3.05) is 0 Å². The summed E-state index contributed by atoms with van der Waals surface area (Å²) in [6.45, 7) is 2.69. The first-order chi connectivity index (χ1) is 37.6. The maximum Gasteiger partial charge on any atom is 0.416 e. The molecule has 1 heterocycles. The van der Waals surface area contributed by atoms with Gasteiger partial charge < -0.3 is 0 Å². The fourth-order valence-electron chi connectivity index (χ4n) is 9.27. The molecule has 0 spiro atoms. The molecule has 0 saturated carbocycles. The van der Waals surface area contributed by atoms with Gasteiger partial charge in [0.25, 0.3) is 0 Å². The predicted molar refractivity (Wildman–Crippen MR) is 254 cm³/mol. The van der Waals surface area contributed by atoms with Crippen LogP contribution in [0.3, 0.4) is 0 Å². The Kier molecular flexibility index (Phi) is 20.2. The normalized spacial score (nSPS) is 13.2. The summed E-state index contributed by atoms with van der Waals surface area (Å²) in [5.41, 5.74) is -28.2. The molecule has 0 aliphatic heterocycles. The van der Waals surface area contributed by atoms with E-state index in [-0.39, 0.29) is 5.78 Å². The van der Waals surface area contributed by atoms with Gasteiger partial charge in [0.15, 0.2) is 11.9 Å². The van der Waals surface area contributed by atoms with Crippen molar-refractivity contribution in [3.05, 3.63) is 183 Å². The maximum absolute atomic E-state index is 14.2. The molecule has 0 unspecified atom stereocenters. The molecule has 27 heteroatoms. The number of hydrogen-bond donors (Lipinski definition) is 0. The number of aryl methyl sites for hydroxylation is 1. The second-order valence-electron chi connectivity index (χ2n) is 19.1. The lowest BCUT2D eigenvalue weighted by molar-refractivity contribution is -0.690. The highest BCUT2D eigenvalue weighted by Crippen LogP contribution is 2.41. The Morgan fingerprint density at radius 3 is 0.902 bits per heavy atom. The average Bonchev–Trinajstić information content (AvgIpc) is 1.66. The molecule has 0 aliphatic rings. The van der Waals surface area contributed by atoms with Gasteiger partial charge in [0, 0.05) is 24.1 Å². The Morgan fingerprint density at radius 1 is 0.354 bits per heavy atom. The van der Waals surface area contributed by atoms with Crippen molar-refractivity contribution in [1.29, 1.82) is 0 Å². The van der Waals surface area contributed by atoms with Crippen molar-refractivity contribution in [2.24, 2.45) is 0 Å². The number of Topliss-reactive ketones (excluding diaryl/α,β-unsaturated/α-hetero) is 1. The third kappa shape index (κ3) is 17.0. The first kappa shape index (κ1) is 66.1. The highest BCUT2D eigenvalue weighted by atomic mass is 19.4. The van der Waals surface area contributed by atoms with Crippen molar-refractivity contribution >= 4 is 33.8 Å². The van der Waals surface area contributed by atoms with Crippen LogP contribution >= 0.6 is 0 Å². The summed E-state index contributed by atoms with van der Waals surface area (Å²) in [5, 5.41) is 0. The van der Waals surface area contributed by atoms with Gasteiger partial charge in [-0.05, 0) is 30.7 Å². The van der Waals surface area contributed by atoms with Crippen molar-refractivity contribution < 1.29 is 115 Å². The highest BCUT2D eigenvalue weighted by molar-refractivity contribution is 7.20. The van der Waals surface area contributed by atoms with E-state index in [1.165, 1.54) is 57.1 Å². The van der Waals surface area contributed by atoms with E-state index >= 15 is 0 Å². The number of rotatable bonds is 16. The van der Waals surface area contributed by atoms with E-state index in [4.69, 9.17) is 0 Å². The van der Waals surface area contributed by atoms with Crippen LogP contribution in [0.25, 0.3) is 0 Å². The largest absolute Gasteiger partial charge is 0.416 e. The van der Waals surface area contributed by atoms with Gasteiger partial charge in [-0.15, -0.1) is 0 Å². The molecule has 6 rings (SSSR count). The summed E-state index contributed by atoms with van der Waals surface area (Å²) < 4.78 is 343. The van der Waals surface area contributed by atoms with Crippen LogP contribution in [0.4, 0.5) is 105 Å². The van der Waals surface area contributed by atoms with Crippen LogP contribution in [-0.2, 0) is 62.4 Å². The van der Waals surface area contributed by atoms with Gasteiger partial charge in [-0.2, -0.15) is 132 Å². The molecular weight excluding hydrogens is 1160 g/mol. The number of nitrogens with zero attached hydrogens (tertiary/aromatic N) is 1. The minimum Gasteiger partial charge on any atom is -0.287 e. The average molecular weight is 1200 g/mol. The number of ketones is 1. The van der Waals surface area contributed by atoms with Crippen molar-refractivity contribution in [2.45, 2.75) is 121 Å². The van der Waals surface area contributed by atoms with E-state index < -0.39 is 195 Å². The Labute approximate surface area is 451 Å². The fraction of sp³-hybridized carbons (Fsp3) is 0.345. The second-order valence-corrected chi connectivity index (χ2v) is 19.1. The molecule has 82 heavy (non-hydrogen) atoms. The molecule has 446 valence electrons. The molecule has 6 aromatic rings. The van der Waals surface area contributed by atoms with E-state index in [0.717, 1.165) is 12.0 Å². The molecule has 0 amide bonds. The lowest BCUT2D eigenvalue weighted by Gasteiger charge is -2.46. The van der Waals surface area contributed by atoms with Gasteiger partial charge in [-0.25, -0.2) is 0 Å². The topological polar surface area (TPSA) is 20.9 Å². The number of hydrogen-bond acceptors (Lipinski definition) is 1. The zero-order valence-corrected chi connectivity index (χ0v) is 42.2. The van der Waals surface area contributed by atoms with E-state index in [2.05, 4.69) is 23.6 Å². The number of pyridine rings is 1. The standard InChI is InChI=1S/C32H12BF24.C23H32NO/c34-25(35,36)13-1-14(26(37,38)39)6-21(5-13)33(22-7-15(27(40,41)42)2-16(8-22)28(43,44)45,23-9-17(29(46,47)48)3-18(10-23)30(49,50)51)24-11-19(31(52,53)54)4-20(12-24)32(55,56)57;1-2-3-4-5-6-7-8-12-17-22-18-13-14-19-24(22)20-23(25)21-15-10-9-11-16-21/h1-12H;9-11,13-16,18-19H,2-8,12,17,20H2,1H3/q-1;+1. The van der Waals surface area contributed by atoms with Crippen LogP contribution in [0.2, 0.25) is 0 Å². The summed E-state index contributed by atoms with van der Waals surface area (Å²) in [6.07, 6.45) is -41.1. The predicted octanol–water partition coefficient (Wildman–Crippen LogP) is 16.8. The number of unbranched alkanes of at least 4 members (excludes halogenated alkanes) is 7. The quantitative estimate of drug-likeness (QED) is 0.0311. The summed E-state index contributed by atoms with van der Waals surface area (Å²) in [5.74, 6) is 0.175. The highest BCUT2D eigenvalue weighted by Gasteiger charge is 2.47. The number of halogens is 24. The molecule has 5 aromatic carbocycles. The summed E-state index contributed by atoms with van der Waals surface area (Å²) in [6, 6.07) is 7.00. The smallest absolute Gasteiger partial charge is 0.287 e. The molecule has 0 saturated heterocycles. The monoisotopic (exact) mass is 1200 g/mol. The van der Waals surface area contributed by atoms with Crippen LogP contribution in [0.1, 0.15) is 119 Å². The number of alkyl halides is 24. The Bertz CT molecular complexity index is 2690. The summed E-state index contributed by atoms with van der Waals surface area (Å²) >= 11 is 0. The zero-order chi connectivity index (χ0) is 61.7. The third-order valence-corrected chi connectivity index (χ3v) is 13.2. The number of carbonyl (C=O) groups excluding carboxylic acids is 1. The SMILES string of the molecule is CCCCCCCCCCc1cccc[n+]1CC(=O)c1ccccc1.FC(F)(F)c1cc([B-](c2cc(C(F)(F)F)cc(C(F)(F)F)c2)(c2cc(C(F)(F)F)cc(C(F)(F)F)c2)c2cc(C(F)(F)F)cc(C(F)(F)F)c2)cc(C(F)(F)F)c1. The van der Waals surface area contributed by atoms with Crippen molar-refractivity contribution in [3.8, 4) is 0 Å². The molecule has 0 N–H and O–H groups in total. The summed E-state index contributed by atoms with van der Waals surface area (Å²) in [7, 11) is 0. The van der Waals surface area contributed by atoms with Crippen LogP contribution in [0.15, 0.2) is 128 Å². The van der Waals surface area contributed by atoms with Gasteiger partial charge >= 0.3 is 49.4 Å². The van der Waals surface area contributed by atoms with Crippen molar-refractivity contribution in [1.82, 2.24) is 0 Å². The third-order valence-electron chi connectivity index (χ3n) is 13.2. The molecule has 0 radical (unpaired) electrons. The van der Waals surface area contributed by atoms with E-state index in [1.807, 2.05) is 42.6 Å². The van der Waals surface area contributed by atoms with Crippen LogP contribution in [0, 0.1) is 0 Å². The first-order valence-electron chi connectivity index (χ1n) is 24.5. The van der Waals surface area contributed by atoms with Crippen LogP contribution in [-0.4, -0.2) is 11.9 Å². The van der Waals surface area contributed by atoms with Gasteiger partial charge in [0.1, 0.15) is 6.15 Å². The lowest BCUT2D eigenvalue weighted by Crippen LogP contribution is -2.75. The van der Waals surface area contributed by atoms with Crippen LogP contribution in [0.5, 0.6) is 0 Å². The van der Waals surface area contributed by atoms with Crippen LogP contribution < -0.4 is 26.4 Å². The minimum atomic E-state index is -6.13. The van der Waals surface area contributed by atoms with Gasteiger partial charge in [0.05, 0.1) is 44.5 Å². The van der Waals surface area contributed by atoms with Crippen molar-refractivity contribution in [3.63, 3.8) is 0 Å². The van der Waals surface area contributed by atoms with Gasteiger partial charge in [-0.1, -0.05) is 137 Å². The molecule has 0 aliphatic carbocycles.